The number of aliphatic carboxylic acids is 2. The Morgan fingerprint density at radius 2 is 1.39 bits per heavy atom. The van der Waals surface area contributed by atoms with Crippen molar-refractivity contribution in [1.29, 1.82) is 0 Å². The van der Waals surface area contributed by atoms with Gasteiger partial charge in [-0.2, -0.15) is 8.42 Å². The minimum absolute atomic E-state index is 0.00713. The Hall–Kier alpha value is -3.20. The van der Waals surface area contributed by atoms with Crippen molar-refractivity contribution in [2.45, 2.75) is 64.3 Å². The van der Waals surface area contributed by atoms with E-state index in [1.165, 1.54) is 0 Å². The van der Waals surface area contributed by atoms with Crippen LogP contribution < -0.4 is 15.4 Å². The molecule has 0 fully saturated rings. The maximum atomic E-state index is 12.1. The Bertz CT molecular complexity index is 1190. The molecule has 0 aromatic rings. The van der Waals surface area contributed by atoms with E-state index in [4.69, 9.17) is 19.1 Å². The molecule has 0 bridgehead atoms. The van der Waals surface area contributed by atoms with Crippen molar-refractivity contribution in [3.63, 3.8) is 0 Å². The van der Waals surface area contributed by atoms with E-state index in [1.807, 2.05) is 0 Å². The van der Waals surface area contributed by atoms with Crippen molar-refractivity contribution >= 4 is 55.6 Å². The summed E-state index contributed by atoms with van der Waals surface area (Å²) in [5.74, 6) is -7.39. The molecule has 44 heavy (non-hydrogen) atoms. The lowest BCUT2D eigenvalue weighted by molar-refractivity contribution is -0.145. The highest BCUT2D eigenvalue weighted by Crippen LogP contribution is 2.13. The molecule has 254 valence electrons. The number of carbonyl (C=O) groups is 6. The monoisotopic (exact) mass is 675 g/mol. The summed E-state index contributed by atoms with van der Waals surface area (Å²) in [5, 5.41) is 23.0. The first-order valence-electron chi connectivity index (χ1n) is 13.6. The van der Waals surface area contributed by atoms with E-state index < -0.39 is 85.5 Å². The lowest BCUT2D eigenvalue weighted by atomic mass is 9.97. The number of hydrogen-bond donors (Lipinski definition) is 6. The van der Waals surface area contributed by atoms with Gasteiger partial charge in [0.1, 0.15) is 12.6 Å². The van der Waals surface area contributed by atoms with Gasteiger partial charge < -0.3 is 30.3 Å². The number of rotatable bonds is 26. The average Bonchev–Trinajstić information content (AvgIpc) is 2.89. The molecule has 0 aromatic carbocycles. The van der Waals surface area contributed by atoms with E-state index in [0.717, 1.165) is 0 Å². The van der Waals surface area contributed by atoms with Crippen LogP contribution in [0.4, 0.5) is 0 Å². The molecule has 20 heteroatoms. The van der Waals surface area contributed by atoms with Crippen LogP contribution in [0, 0.1) is 5.92 Å². The Balaban J connectivity index is 4.03. The number of hydrogen-bond acceptors (Lipinski definition) is 12. The lowest BCUT2D eigenvalue weighted by Crippen LogP contribution is -2.40. The van der Waals surface area contributed by atoms with Gasteiger partial charge in [-0.25, -0.2) is 13.2 Å². The fourth-order valence-electron chi connectivity index (χ4n) is 3.43. The molecule has 0 aromatic heterocycles. The van der Waals surface area contributed by atoms with E-state index in [1.54, 1.807) is 11.6 Å². The van der Waals surface area contributed by atoms with Crippen molar-refractivity contribution in [2.75, 3.05) is 44.5 Å². The van der Waals surface area contributed by atoms with Crippen molar-refractivity contribution in [1.82, 2.24) is 15.4 Å². The second kappa shape index (κ2) is 21.5. The van der Waals surface area contributed by atoms with Gasteiger partial charge in [-0.15, -0.1) is 0 Å². The third kappa shape index (κ3) is 22.4. The molecule has 0 spiro atoms. The van der Waals surface area contributed by atoms with E-state index in [-0.39, 0.29) is 77.9 Å². The molecule has 0 radical (unpaired) electrons. The fraction of sp³-hybridized carbons (Fsp3) is 0.750. The molecule has 0 rings (SSSR count). The van der Waals surface area contributed by atoms with Crippen LogP contribution >= 0.6 is 0 Å². The first-order chi connectivity index (χ1) is 20.5. The van der Waals surface area contributed by atoms with Gasteiger partial charge >= 0.3 is 11.9 Å². The minimum Gasteiger partial charge on any atom is -0.481 e. The van der Waals surface area contributed by atoms with E-state index in [2.05, 4.69) is 10.6 Å². The molecule has 0 aliphatic rings. The van der Waals surface area contributed by atoms with Crippen molar-refractivity contribution in [3.8, 4) is 0 Å². The molecular formula is C24H41N3O15S2. The molecule has 0 heterocycles. The summed E-state index contributed by atoms with van der Waals surface area (Å²) in [4.78, 5) is 69.7. The summed E-state index contributed by atoms with van der Waals surface area (Å²) < 4.78 is 65.7. The Morgan fingerprint density at radius 3 is 1.98 bits per heavy atom. The summed E-state index contributed by atoms with van der Waals surface area (Å²) in [6, 6.07) is -1.08. The number of ether oxygens (including phenoxy) is 2. The maximum Gasteiger partial charge on any atom is 0.326 e. The van der Waals surface area contributed by atoms with Gasteiger partial charge in [0.2, 0.25) is 27.7 Å². The van der Waals surface area contributed by atoms with E-state index in [9.17, 15) is 50.7 Å². The smallest absolute Gasteiger partial charge is 0.326 e. The third-order valence-corrected chi connectivity index (χ3v) is 7.85. The number of carbonyl (C=O) groups excluding carboxylic acids is 4. The van der Waals surface area contributed by atoms with Crippen LogP contribution in [0.1, 0.15) is 58.3 Å². The quantitative estimate of drug-likeness (QED) is 0.0447. The first kappa shape index (κ1) is 40.8. The van der Waals surface area contributed by atoms with Gasteiger partial charge in [0.15, 0.2) is 5.78 Å². The largest absolute Gasteiger partial charge is 0.481 e. The van der Waals surface area contributed by atoms with Crippen LogP contribution in [-0.4, -0.2) is 118 Å². The van der Waals surface area contributed by atoms with Crippen LogP contribution in [0.5, 0.6) is 0 Å². The lowest BCUT2D eigenvalue weighted by Gasteiger charge is -2.14. The zero-order valence-corrected chi connectivity index (χ0v) is 26.0. The van der Waals surface area contributed by atoms with Gasteiger partial charge in [-0.3, -0.25) is 33.2 Å². The molecule has 0 saturated heterocycles. The van der Waals surface area contributed by atoms with Gasteiger partial charge in [0, 0.05) is 32.2 Å². The van der Waals surface area contributed by atoms with Crippen LogP contribution in [0.2, 0.25) is 0 Å². The van der Waals surface area contributed by atoms with Gasteiger partial charge in [-0.1, -0.05) is 6.92 Å². The van der Waals surface area contributed by atoms with Crippen LogP contribution in [-0.2, 0) is 58.4 Å². The van der Waals surface area contributed by atoms with Gasteiger partial charge in [-0.05, 0) is 25.7 Å². The molecule has 6 N–H and O–H groups in total. The average molecular weight is 676 g/mol. The maximum absolute atomic E-state index is 12.1. The molecule has 18 nitrogen and oxygen atoms in total. The summed E-state index contributed by atoms with van der Waals surface area (Å²) in [7, 11) is -8.29. The fourth-order valence-corrected chi connectivity index (χ4v) is 5.01. The molecule has 3 amide bonds. The second-order valence-corrected chi connectivity index (χ2v) is 12.9. The van der Waals surface area contributed by atoms with Crippen molar-refractivity contribution in [2.24, 2.45) is 5.92 Å². The Kier molecular flexibility index (Phi) is 19.9. The number of carboxylic acid groups (broad SMARTS) is 2. The number of nitrogens with one attached hydrogen (secondary N) is 3. The number of ketones is 1. The van der Waals surface area contributed by atoms with Crippen molar-refractivity contribution < 1.29 is 69.8 Å². The highest BCUT2D eigenvalue weighted by atomic mass is 32.2. The standard InChI is InChI=1S/C24H41N3O15S2/c1-2-19(24(34)35)26-21(30)8-7-17(23(32)33)15-18(28)16-42-12-11-41-10-9-25-20(29)5-3-13-43(36,37)27-22(31)6-4-14-44(38,39)40/h17,19H,2-16H2,1H3,(H,25,29)(H,26,30)(H,27,31)(H,32,33)(H,34,35)(H,38,39,40)/t17-,19-/m1/s1. The van der Waals surface area contributed by atoms with E-state index >= 15 is 0 Å². The molecule has 0 saturated carbocycles. The number of carboxylic acids is 2. The second-order valence-electron chi connectivity index (χ2n) is 9.54. The number of Topliss-reactive ketones (excluding diaryl/α,β-unsaturated/α-hetero) is 1. The highest BCUT2D eigenvalue weighted by Gasteiger charge is 2.24. The zero-order valence-electron chi connectivity index (χ0n) is 24.3. The molecule has 0 aliphatic heterocycles. The number of amides is 3. The topological polar surface area (TPSA) is 286 Å². The Morgan fingerprint density at radius 1 is 0.773 bits per heavy atom. The summed E-state index contributed by atoms with van der Waals surface area (Å²) >= 11 is 0. The van der Waals surface area contributed by atoms with Crippen molar-refractivity contribution in [3.05, 3.63) is 0 Å². The summed E-state index contributed by atoms with van der Waals surface area (Å²) in [6.45, 7) is 1.39. The first-order valence-corrected chi connectivity index (χ1v) is 16.9. The van der Waals surface area contributed by atoms with Crippen LogP contribution in [0.25, 0.3) is 0 Å². The highest BCUT2D eigenvalue weighted by molar-refractivity contribution is 7.90. The van der Waals surface area contributed by atoms with Gasteiger partial charge in [0.25, 0.3) is 10.1 Å². The van der Waals surface area contributed by atoms with E-state index in [0.29, 0.717) is 0 Å². The van der Waals surface area contributed by atoms with Crippen LogP contribution in [0.3, 0.4) is 0 Å². The number of sulfonamides is 1. The predicted molar refractivity (Wildman–Crippen MR) is 151 cm³/mol. The molecule has 0 unspecified atom stereocenters. The SMILES string of the molecule is CC[C@@H](NC(=O)CC[C@H](CC(=O)COCCOCCNC(=O)CCCS(=O)(=O)NC(=O)CCCS(=O)(=O)O)C(=O)O)C(=O)O. The Labute approximate surface area is 255 Å². The third-order valence-electron chi connectivity index (χ3n) is 5.68. The predicted octanol–water partition coefficient (Wildman–Crippen LogP) is -1.55. The minimum atomic E-state index is -4.26. The van der Waals surface area contributed by atoms with Crippen LogP contribution in [0.15, 0.2) is 0 Å². The van der Waals surface area contributed by atoms with Gasteiger partial charge in [0.05, 0.1) is 37.2 Å². The summed E-state index contributed by atoms with van der Waals surface area (Å²) in [5.41, 5.74) is 0. The zero-order chi connectivity index (χ0) is 33.8. The molecular weight excluding hydrogens is 634 g/mol. The molecule has 0 aliphatic carbocycles. The normalized spacial score (nSPS) is 13.0. The summed E-state index contributed by atoms with van der Waals surface area (Å²) in [6.07, 6.45) is -1.58. The molecule has 2 atom stereocenters.